The number of rotatable bonds is 4. The Morgan fingerprint density at radius 2 is 1.65 bits per heavy atom. The highest BCUT2D eigenvalue weighted by Gasteiger charge is 2.68. The highest BCUT2D eigenvalue weighted by Crippen LogP contribution is 2.67. The number of fused-ring (bicyclic) bond motifs is 5. The molecule has 4 aliphatic carbocycles. The van der Waals surface area contributed by atoms with Crippen molar-refractivity contribution in [2.24, 2.45) is 46.8 Å². The van der Waals surface area contributed by atoms with Crippen molar-refractivity contribution in [2.45, 2.75) is 81.9 Å². The largest absolute Gasteiger partial charge is 0.399 e. The Hall–Kier alpha value is -0.200. The third-order valence-corrected chi connectivity index (χ3v) is 9.91. The van der Waals surface area contributed by atoms with Gasteiger partial charge in [-0.3, -0.25) is 0 Å². The van der Waals surface area contributed by atoms with E-state index in [9.17, 15) is 23.4 Å². The van der Waals surface area contributed by atoms with E-state index >= 15 is 0 Å². The van der Waals surface area contributed by atoms with Gasteiger partial charge in [-0.2, -0.15) is 13.2 Å². The summed E-state index contributed by atoms with van der Waals surface area (Å²) in [7, 11) is 13.5. The Balaban J connectivity index is 1.56. The van der Waals surface area contributed by atoms with E-state index < -0.39 is 29.0 Å². The van der Waals surface area contributed by atoms with Crippen LogP contribution in [-0.2, 0) is 4.74 Å². The molecule has 0 spiro atoms. The van der Waals surface area contributed by atoms with Crippen LogP contribution in [0.5, 0.6) is 0 Å². The van der Waals surface area contributed by atoms with Crippen molar-refractivity contribution in [3.63, 3.8) is 0 Å². The zero-order chi connectivity index (χ0) is 22.8. The lowest BCUT2D eigenvalue weighted by atomic mass is 9.39. The van der Waals surface area contributed by atoms with Gasteiger partial charge in [0.1, 0.15) is 15.7 Å². The molecule has 0 bridgehead atoms. The average molecular weight is 438 g/mol. The molecule has 2 N–H and O–H groups in total. The van der Waals surface area contributed by atoms with Gasteiger partial charge in [-0.15, -0.1) is 0 Å². The van der Waals surface area contributed by atoms with Gasteiger partial charge in [0.25, 0.3) is 0 Å². The minimum absolute atomic E-state index is 0.150. The smallest absolute Gasteiger partial charge is 0.395 e. The molecule has 4 rings (SSSR count). The van der Waals surface area contributed by atoms with Crippen molar-refractivity contribution in [1.29, 1.82) is 0 Å². The van der Waals surface area contributed by atoms with Crippen LogP contribution in [0, 0.1) is 46.8 Å². The van der Waals surface area contributed by atoms with Crippen LogP contribution in [0.4, 0.5) is 13.2 Å². The molecule has 4 radical (unpaired) electrons. The molecule has 0 aromatic carbocycles. The van der Waals surface area contributed by atoms with E-state index in [1.807, 2.05) is 0 Å². The maximum absolute atomic E-state index is 13.7. The molecule has 0 heterocycles. The molecular weight excluding hydrogens is 403 g/mol. The van der Waals surface area contributed by atoms with Gasteiger partial charge in [-0.05, 0) is 98.7 Å². The first-order chi connectivity index (χ1) is 14.3. The molecule has 5 unspecified atom stereocenters. The fourth-order valence-corrected chi connectivity index (χ4v) is 8.73. The summed E-state index contributed by atoms with van der Waals surface area (Å²) in [6.45, 7) is 3.18. The Labute approximate surface area is 186 Å². The van der Waals surface area contributed by atoms with Crippen molar-refractivity contribution in [3.05, 3.63) is 0 Å². The Kier molecular flexibility index (Phi) is 6.13. The second-order valence-electron chi connectivity index (χ2n) is 11.3. The standard InChI is InChI=1S/C23H35B2F3O3/c1-20-10-9-14-15(17(20)7-5-13(20)4-3-11-31-2)6-8-18-16(14)12-21(24,29)19(22(18,25)30)23(26,27)28/h13-19,29-30H,3-12H2,1-2H3/t13?,14?,15-,16-,17?,18+,19+,20-,21?,22?/m1/s1. The molecule has 3 nitrogen and oxygen atoms in total. The third-order valence-electron chi connectivity index (χ3n) is 9.91. The van der Waals surface area contributed by atoms with Crippen molar-refractivity contribution in [3.8, 4) is 0 Å². The molecule has 10 atom stereocenters. The summed E-state index contributed by atoms with van der Waals surface area (Å²) in [5, 5.41) is 21.5. The number of hydrogen-bond acceptors (Lipinski definition) is 3. The zero-order valence-corrected chi connectivity index (χ0v) is 18.7. The van der Waals surface area contributed by atoms with Crippen LogP contribution in [0.3, 0.4) is 0 Å². The van der Waals surface area contributed by atoms with Gasteiger partial charge in [0.15, 0.2) is 0 Å². The van der Waals surface area contributed by atoms with E-state index in [-0.39, 0.29) is 23.7 Å². The first-order valence-electron chi connectivity index (χ1n) is 11.9. The quantitative estimate of drug-likeness (QED) is 0.519. The second kappa shape index (κ2) is 7.94. The summed E-state index contributed by atoms with van der Waals surface area (Å²) in [5.74, 6) is -1.74. The first kappa shape index (κ1) is 23.9. The van der Waals surface area contributed by atoms with Gasteiger partial charge in [-0.25, -0.2) is 0 Å². The molecular formula is C23H35B2F3O3. The Bertz CT molecular complexity index is 671. The van der Waals surface area contributed by atoms with Gasteiger partial charge in [0.05, 0.1) is 5.92 Å². The number of ether oxygens (including phenoxy) is 1. The molecule has 0 aliphatic heterocycles. The zero-order valence-electron chi connectivity index (χ0n) is 18.7. The summed E-state index contributed by atoms with van der Waals surface area (Å²) in [6.07, 6.45) is 2.75. The fourth-order valence-electron chi connectivity index (χ4n) is 8.73. The number of aliphatic hydroxyl groups is 2. The number of hydrogen-bond donors (Lipinski definition) is 2. The van der Waals surface area contributed by atoms with Crippen LogP contribution in [0.1, 0.15) is 64.7 Å². The molecule has 172 valence electrons. The van der Waals surface area contributed by atoms with Crippen molar-refractivity contribution in [1.82, 2.24) is 0 Å². The molecule has 0 aromatic heterocycles. The van der Waals surface area contributed by atoms with Gasteiger partial charge >= 0.3 is 6.18 Å². The molecule has 8 heteroatoms. The van der Waals surface area contributed by atoms with Crippen molar-refractivity contribution < 1.29 is 28.1 Å². The topological polar surface area (TPSA) is 49.7 Å². The van der Waals surface area contributed by atoms with Gasteiger partial charge in [0.2, 0.25) is 0 Å². The molecule has 4 fully saturated rings. The summed E-state index contributed by atoms with van der Waals surface area (Å²) in [6, 6.07) is 0. The van der Waals surface area contributed by atoms with Crippen LogP contribution in [-0.4, -0.2) is 56.8 Å². The number of alkyl halides is 3. The number of halogens is 3. The van der Waals surface area contributed by atoms with Crippen LogP contribution in [0.2, 0.25) is 0 Å². The minimum Gasteiger partial charge on any atom is -0.399 e. The second-order valence-corrected chi connectivity index (χ2v) is 11.3. The van der Waals surface area contributed by atoms with Crippen LogP contribution >= 0.6 is 0 Å². The molecule has 0 aromatic rings. The molecule has 0 saturated heterocycles. The Morgan fingerprint density at radius 3 is 2.29 bits per heavy atom. The van der Waals surface area contributed by atoms with E-state index in [1.54, 1.807) is 7.11 Å². The summed E-state index contributed by atoms with van der Waals surface area (Å²) < 4.78 is 46.4. The molecule has 4 saturated carbocycles. The van der Waals surface area contributed by atoms with Crippen molar-refractivity contribution >= 4 is 15.7 Å². The lowest BCUT2D eigenvalue weighted by Crippen LogP contribution is -2.70. The van der Waals surface area contributed by atoms with E-state index in [0.717, 1.165) is 45.1 Å². The highest BCUT2D eigenvalue weighted by atomic mass is 19.4. The number of methoxy groups -OCH3 is 1. The predicted octanol–water partition coefficient (Wildman–Crippen LogP) is 3.79. The van der Waals surface area contributed by atoms with Crippen LogP contribution < -0.4 is 0 Å². The van der Waals surface area contributed by atoms with Crippen LogP contribution in [0.25, 0.3) is 0 Å². The molecule has 31 heavy (non-hydrogen) atoms. The third kappa shape index (κ3) is 3.80. The van der Waals surface area contributed by atoms with E-state index in [4.69, 9.17) is 20.4 Å². The monoisotopic (exact) mass is 438 g/mol. The normalized spacial score (nSPS) is 52.3. The predicted molar refractivity (Wildman–Crippen MR) is 113 cm³/mol. The minimum atomic E-state index is -4.86. The SMILES string of the molecule is [B]C1(O)C[C@@H]2C3CC[C@]4(C)C(CCCOC)CCC4[C@@H]3CC[C@@H]2C([B])(O)[C@H]1C(F)(F)F. The van der Waals surface area contributed by atoms with Crippen LogP contribution in [0.15, 0.2) is 0 Å². The molecule has 4 aliphatic rings. The van der Waals surface area contributed by atoms with E-state index in [2.05, 4.69) is 6.92 Å². The summed E-state index contributed by atoms with van der Waals surface area (Å²) >= 11 is 0. The van der Waals surface area contributed by atoms with Gasteiger partial charge in [0, 0.05) is 24.7 Å². The van der Waals surface area contributed by atoms with E-state index in [0.29, 0.717) is 24.2 Å². The lowest BCUT2D eigenvalue weighted by Gasteiger charge is -2.63. The fraction of sp³-hybridized carbons (Fsp3) is 1.00. The Morgan fingerprint density at radius 1 is 0.968 bits per heavy atom. The highest BCUT2D eigenvalue weighted by molar-refractivity contribution is 6.19. The maximum Gasteiger partial charge on any atom is 0.395 e. The summed E-state index contributed by atoms with van der Waals surface area (Å²) in [4.78, 5) is 0. The summed E-state index contributed by atoms with van der Waals surface area (Å²) in [5.41, 5.74) is -4.85. The van der Waals surface area contributed by atoms with E-state index in [1.165, 1.54) is 6.42 Å². The van der Waals surface area contributed by atoms with Gasteiger partial charge in [-0.1, -0.05) is 6.92 Å². The average Bonchev–Trinajstić information content (AvgIpc) is 2.96. The maximum atomic E-state index is 13.7. The first-order valence-corrected chi connectivity index (χ1v) is 11.9. The van der Waals surface area contributed by atoms with Crippen molar-refractivity contribution in [2.75, 3.05) is 13.7 Å². The lowest BCUT2D eigenvalue weighted by molar-refractivity contribution is -0.283. The molecule has 0 amide bonds. The van der Waals surface area contributed by atoms with Gasteiger partial charge < -0.3 is 14.9 Å².